The third-order valence-corrected chi connectivity index (χ3v) is 7.32. The molecule has 1 saturated carbocycles. The number of amides is 1. The van der Waals surface area contributed by atoms with Gasteiger partial charge >= 0.3 is 0 Å². The van der Waals surface area contributed by atoms with Crippen molar-refractivity contribution in [2.45, 2.75) is 38.0 Å². The molecule has 1 amide bonds. The number of hydrogen-bond acceptors (Lipinski definition) is 9. The summed E-state index contributed by atoms with van der Waals surface area (Å²) in [5.41, 5.74) is 3.58. The van der Waals surface area contributed by atoms with Gasteiger partial charge in [-0.2, -0.15) is 0 Å². The van der Waals surface area contributed by atoms with Crippen LogP contribution in [0.1, 0.15) is 28.7 Å². The molecule has 6 N–H and O–H groups in total. The Morgan fingerprint density at radius 3 is 2.47 bits per heavy atom. The lowest BCUT2D eigenvalue weighted by Gasteiger charge is -2.50. The second-order valence-corrected chi connectivity index (χ2v) is 9.45. The van der Waals surface area contributed by atoms with Crippen molar-refractivity contribution in [3.8, 4) is 5.75 Å². The van der Waals surface area contributed by atoms with E-state index in [1.807, 2.05) is 6.92 Å². The van der Waals surface area contributed by atoms with E-state index in [-0.39, 0.29) is 36.3 Å². The Balaban J connectivity index is 1.98. The van der Waals surface area contributed by atoms with Crippen molar-refractivity contribution in [1.82, 2.24) is 4.90 Å². The maximum Gasteiger partial charge on any atom is 0.255 e. The molecule has 4 unspecified atom stereocenters. The summed E-state index contributed by atoms with van der Waals surface area (Å²) in [7, 11) is 4.58. The Bertz CT molecular complexity index is 1200. The first-order chi connectivity index (χ1) is 15.9. The number of hydrogen-bond donors (Lipinski definition) is 5. The molecule has 1 fully saturated rings. The van der Waals surface area contributed by atoms with Gasteiger partial charge in [0.15, 0.2) is 11.4 Å². The van der Waals surface area contributed by atoms with Crippen molar-refractivity contribution < 1.29 is 39.5 Å². The number of carbonyl (C=O) groups is 3. The molecule has 4 rings (SSSR count). The van der Waals surface area contributed by atoms with Crippen molar-refractivity contribution in [1.29, 1.82) is 0 Å². The van der Waals surface area contributed by atoms with E-state index >= 15 is 0 Å². The maximum atomic E-state index is 13.7. The van der Waals surface area contributed by atoms with Gasteiger partial charge in [0.1, 0.15) is 22.8 Å². The Labute approximate surface area is 195 Å². The van der Waals surface area contributed by atoms with Crippen LogP contribution < -0.4 is 5.73 Å². The highest BCUT2D eigenvalue weighted by Gasteiger charge is 2.64. The number of likely N-dealkylation sites (N-methyl/N-ethyl adjacent to an activating group) is 1. The highest BCUT2D eigenvalue weighted by Crippen LogP contribution is 2.53. The molecule has 0 bridgehead atoms. The van der Waals surface area contributed by atoms with Gasteiger partial charge in [0.2, 0.25) is 5.78 Å². The number of phenols is 1. The predicted octanol–water partition coefficient (Wildman–Crippen LogP) is 0.419. The van der Waals surface area contributed by atoms with Gasteiger partial charge in [0, 0.05) is 24.2 Å². The lowest BCUT2D eigenvalue weighted by atomic mass is 9.57. The second kappa shape index (κ2) is 7.93. The van der Waals surface area contributed by atoms with Gasteiger partial charge in [-0.25, -0.2) is 0 Å². The monoisotopic (exact) mass is 472 g/mol. The van der Waals surface area contributed by atoms with Crippen LogP contribution in [0.15, 0.2) is 23.0 Å². The number of carbonyl (C=O) groups excluding carboxylic acids is 3. The van der Waals surface area contributed by atoms with E-state index in [4.69, 9.17) is 10.5 Å². The molecule has 10 nitrogen and oxygen atoms in total. The molecule has 0 aliphatic heterocycles. The number of phenolic OH excluding ortho intramolecular Hbond substituents is 1. The van der Waals surface area contributed by atoms with Gasteiger partial charge in [-0.1, -0.05) is 0 Å². The summed E-state index contributed by atoms with van der Waals surface area (Å²) in [6.45, 7) is 1.89. The van der Waals surface area contributed by atoms with Gasteiger partial charge in [0.25, 0.3) is 5.91 Å². The zero-order valence-electron chi connectivity index (χ0n) is 19.4. The van der Waals surface area contributed by atoms with Crippen molar-refractivity contribution in [3.05, 3.63) is 45.2 Å². The van der Waals surface area contributed by atoms with Crippen molar-refractivity contribution in [3.63, 3.8) is 0 Å². The average molecular weight is 472 g/mol. The number of primary amides is 1. The Kier molecular flexibility index (Phi) is 5.58. The van der Waals surface area contributed by atoms with Crippen LogP contribution in [0.25, 0.3) is 5.76 Å². The lowest BCUT2D eigenvalue weighted by molar-refractivity contribution is -0.153. The summed E-state index contributed by atoms with van der Waals surface area (Å²) in [5, 5.41) is 44.4. The third kappa shape index (κ3) is 3.02. The SMILES string of the molecule is COCc1cc(C)c2c(c1O)C(O)=C1C(=O)C3(O)C(O)=C(C(N)=O)C(=O)C(N(C)C)C3CC1C2. The Morgan fingerprint density at radius 2 is 1.91 bits per heavy atom. The molecule has 0 spiro atoms. The number of fused-ring (bicyclic) bond motifs is 3. The van der Waals surface area contributed by atoms with Gasteiger partial charge in [0.05, 0.1) is 18.2 Å². The van der Waals surface area contributed by atoms with E-state index < -0.39 is 58.0 Å². The largest absolute Gasteiger partial charge is 0.508 e. The van der Waals surface area contributed by atoms with Crippen LogP contribution in [0.4, 0.5) is 0 Å². The van der Waals surface area contributed by atoms with E-state index in [9.17, 15) is 34.8 Å². The van der Waals surface area contributed by atoms with Gasteiger partial charge in [-0.15, -0.1) is 0 Å². The van der Waals surface area contributed by atoms with E-state index in [0.717, 1.165) is 5.56 Å². The van der Waals surface area contributed by atoms with Crippen LogP contribution in [-0.4, -0.2) is 75.6 Å². The number of aryl methyl sites for hydroxylation is 1. The van der Waals surface area contributed by atoms with Crippen LogP contribution in [0.3, 0.4) is 0 Å². The molecular formula is C24H28N2O8. The number of ether oxygens (including phenoxy) is 1. The highest BCUT2D eigenvalue weighted by atomic mass is 16.5. The summed E-state index contributed by atoms with van der Waals surface area (Å²) in [4.78, 5) is 40.3. The number of nitrogens with zero attached hydrogens (tertiary/aromatic N) is 1. The molecule has 10 heteroatoms. The van der Waals surface area contributed by atoms with Gasteiger partial charge in [-0.05, 0) is 57.0 Å². The summed E-state index contributed by atoms with van der Waals surface area (Å²) in [6.07, 6.45) is 0.326. The van der Waals surface area contributed by atoms with Crippen LogP contribution >= 0.6 is 0 Å². The van der Waals surface area contributed by atoms with Crippen LogP contribution in [0, 0.1) is 18.8 Å². The van der Waals surface area contributed by atoms with Crippen molar-refractivity contribution >= 4 is 23.2 Å². The first-order valence-corrected chi connectivity index (χ1v) is 10.9. The molecule has 3 aliphatic carbocycles. The number of aromatic hydroxyl groups is 1. The Hall–Kier alpha value is -3.21. The van der Waals surface area contributed by atoms with E-state index in [2.05, 4.69) is 0 Å². The normalized spacial score (nSPS) is 28.7. The molecule has 0 heterocycles. The molecule has 0 saturated heterocycles. The number of nitrogens with two attached hydrogens (primary N) is 1. The summed E-state index contributed by atoms with van der Waals surface area (Å²) in [5.74, 6) is -6.59. The number of rotatable bonds is 4. The van der Waals surface area contributed by atoms with E-state index in [1.165, 1.54) is 12.0 Å². The first-order valence-electron chi connectivity index (χ1n) is 10.9. The summed E-state index contributed by atoms with van der Waals surface area (Å²) in [6, 6.07) is 0.647. The molecule has 1 aromatic carbocycles. The highest BCUT2D eigenvalue weighted by molar-refractivity contribution is 6.24. The van der Waals surface area contributed by atoms with E-state index in [1.54, 1.807) is 20.2 Å². The van der Waals surface area contributed by atoms with E-state index in [0.29, 0.717) is 11.1 Å². The number of aliphatic hydroxyl groups is 3. The second-order valence-electron chi connectivity index (χ2n) is 9.45. The molecule has 182 valence electrons. The number of ketones is 2. The molecule has 0 aromatic heterocycles. The molecular weight excluding hydrogens is 444 g/mol. The van der Waals surface area contributed by atoms with Gasteiger partial charge < -0.3 is 30.9 Å². The van der Waals surface area contributed by atoms with Crippen LogP contribution in [0.2, 0.25) is 0 Å². The smallest absolute Gasteiger partial charge is 0.255 e. The molecule has 1 aromatic rings. The number of methoxy groups -OCH3 is 1. The third-order valence-electron chi connectivity index (χ3n) is 7.32. The number of aliphatic hydroxyl groups excluding tert-OH is 2. The topological polar surface area (TPSA) is 171 Å². The molecule has 4 atom stereocenters. The maximum absolute atomic E-state index is 13.7. The fourth-order valence-corrected chi connectivity index (χ4v) is 5.83. The standard InChI is InChI=1S/C24H28N2O8/c1-9-5-11(8-34-4)18(27)15-12(9)6-10-7-13-17(26(2)3)20(29)16(23(25)32)22(31)24(13,33)21(30)14(10)19(15)28/h5,10,13,17,27-28,31,33H,6-8H2,1-4H3,(H2,25,32). The van der Waals surface area contributed by atoms with Crippen LogP contribution in [0.5, 0.6) is 5.75 Å². The quantitative estimate of drug-likeness (QED) is 0.390. The van der Waals surface area contributed by atoms with Gasteiger partial charge in [-0.3, -0.25) is 19.3 Å². The fourth-order valence-electron chi connectivity index (χ4n) is 5.83. The average Bonchev–Trinajstić information content (AvgIpc) is 2.74. The van der Waals surface area contributed by atoms with Crippen LogP contribution in [-0.2, 0) is 32.1 Å². The zero-order valence-corrected chi connectivity index (χ0v) is 19.4. The minimum Gasteiger partial charge on any atom is -0.508 e. The molecule has 0 radical (unpaired) electrons. The van der Waals surface area contributed by atoms with Crippen molar-refractivity contribution in [2.75, 3.05) is 21.2 Å². The lowest BCUT2D eigenvalue weighted by Crippen LogP contribution is -2.65. The minimum atomic E-state index is -2.64. The van der Waals surface area contributed by atoms with Crippen molar-refractivity contribution in [2.24, 2.45) is 17.6 Å². The number of Topliss-reactive ketones (excluding diaryl/α,β-unsaturated/α-hetero) is 2. The predicted molar refractivity (Wildman–Crippen MR) is 120 cm³/mol. The Morgan fingerprint density at radius 1 is 1.26 bits per heavy atom. The first kappa shape index (κ1) is 23.9. The zero-order chi connectivity index (χ0) is 25.3. The molecule has 3 aliphatic rings. The molecule has 34 heavy (non-hydrogen) atoms. The summed E-state index contributed by atoms with van der Waals surface area (Å²) >= 11 is 0. The number of benzene rings is 1. The minimum absolute atomic E-state index is 0.0613. The summed E-state index contributed by atoms with van der Waals surface area (Å²) < 4.78 is 5.11. The fraction of sp³-hybridized carbons (Fsp3) is 0.458.